The molecule has 2 aromatic carbocycles. The van der Waals surface area contributed by atoms with Gasteiger partial charge in [0.1, 0.15) is 12.4 Å². The second-order valence-electron chi connectivity index (χ2n) is 8.56. The lowest BCUT2D eigenvalue weighted by molar-refractivity contribution is -0.274. The monoisotopic (exact) mass is 607 g/mol. The van der Waals surface area contributed by atoms with Gasteiger partial charge in [0.15, 0.2) is 0 Å². The number of pyridine rings is 2. The normalized spacial score (nSPS) is 11.7. The van der Waals surface area contributed by atoms with Crippen molar-refractivity contribution in [1.29, 1.82) is 0 Å². The first kappa shape index (κ1) is 28.5. The molecule has 0 aliphatic rings. The fourth-order valence-electron chi connectivity index (χ4n) is 3.96. The van der Waals surface area contributed by atoms with E-state index in [4.69, 9.17) is 9.47 Å². The highest BCUT2D eigenvalue weighted by Gasteiger charge is 2.31. The molecule has 0 unspecified atom stereocenters. The first-order valence-electron chi connectivity index (χ1n) is 12.1. The number of alkyl halides is 3. The first-order valence-corrected chi connectivity index (χ1v) is 12.9. The number of aromatic carboxylic acids is 1. The number of nitrogens with one attached hydrogen (secondary N) is 1. The largest absolute Gasteiger partial charge is 0.573 e. The van der Waals surface area contributed by atoms with Crippen LogP contribution in [0.4, 0.5) is 13.2 Å². The molecular formula is C27H25BrF3N3O5. The van der Waals surface area contributed by atoms with E-state index in [2.05, 4.69) is 36.0 Å². The number of nitrogens with zero attached hydrogens (tertiary/aromatic N) is 2. The standard InChI is InChI=1S/C27H25BrF3N3O5/c28-19-11-17(12-20(14-19)39-27(29,30)31)15-32-6-1-2-8-37-9-10-38-25-22-5-7-33-16-23(22)21-4-3-18(26(35)36)13-24(21)34-25/h3-5,7,11-14,16,32H,1-2,6,8-10,15H2,(H,35,36). The van der Waals surface area contributed by atoms with Crippen molar-refractivity contribution in [3.05, 3.63) is 70.5 Å². The number of hydrogen-bond donors (Lipinski definition) is 2. The van der Waals surface area contributed by atoms with Crippen molar-refractivity contribution in [3.8, 4) is 11.6 Å². The van der Waals surface area contributed by atoms with Crippen molar-refractivity contribution in [2.24, 2.45) is 0 Å². The van der Waals surface area contributed by atoms with E-state index in [9.17, 15) is 23.1 Å². The van der Waals surface area contributed by atoms with Gasteiger partial charge in [0, 0.05) is 46.2 Å². The van der Waals surface area contributed by atoms with Crippen LogP contribution in [0.3, 0.4) is 0 Å². The summed E-state index contributed by atoms with van der Waals surface area (Å²) in [5.74, 6) is -0.918. The summed E-state index contributed by atoms with van der Waals surface area (Å²) in [6.45, 7) is 2.19. The van der Waals surface area contributed by atoms with Crippen LogP contribution >= 0.6 is 15.9 Å². The van der Waals surface area contributed by atoms with Gasteiger partial charge < -0.3 is 24.6 Å². The topological polar surface area (TPSA) is 103 Å². The van der Waals surface area contributed by atoms with Crippen LogP contribution in [0, 0.1) is 0 Å². The smallest absolute Gasteiger partial charge is 0.478 e. The summed E-state index contributed by atoms with van der Waals surface area (Å²) in [5.41, 5.74) is 1.31. The molecule has 0 bridgehead atoms. The average Bonchev–Trinajstić information content (AvgIpc) is 2.88. The van der Waals surface area contributed by atoms with Gasteiger partial charge in [-0.1, -0.05) is 22.0 Å². The molecule has 0 amide bonds. The third-order valence-electron chi connectivity index (χ3n) is 5.66. The van der Waals surface area contributed by atoms with Crippen LogP contribution in [-0.2, 0) is 11.3 Å². The molecule has 4 rings (SSSR count). The number of carboxylic acid groups (broad SMARTS) is 1. The maximum absolute atomic E-state index is 12.5. The predicted octanol–water partition coefficient (Wildman–Crippen LogP) is 6.11. The van der Waals surface area contributed by atoms with Crippen LogP contribution in [0.5, 0.6) is 11.6 Å². The van der Waals surface area contributed by atoms with E-state index < -0.39 is 12.3 Å². The molecule has 8 nitrogen and oxygen atoms in total. The highest BCUT2D eigenvalue weighted by molar-refractivity contribution is 9.10. The Morgan fingerprint density at radius 2 is 1.85 bits per heavy atom. The van der Waals surface area contributed by atoms with E-state index in [0.717, 1.165) is 29.0 Å². The number of unbranched alkanes of at least 4 members (excludes halogenated alkanes) is 1. The fourth-order valence-corrected chi connectivity index (χ4v) is 4.48. The maximum Gasteiger partial charge on any atom is 0.573 e. The second-order valence-corrected chi connectivity index (χ2v) is 9.48. The number of benzene rings is 2. The van der Waals surface area contributed by atoms with Crippen molar-refractivity contribution < 1.29 is 37.3 Å². The number of rotatable bonds is 13. The second kappa shape index (κ2) is 13.0. The Bertz CT molecular complexity index is 1450. The van der Waals surface area contributed by atoms with Gasteiger partial charge in [0.25, 0.3) is 0 Å². The number of fused-ring (bicyclic) bond motifs is 3. The number of carboxylic acids is 1. The van der Waals surface area contributed by atoms with Crippen LogP contribution in [0.2, 0.25) is 0 Å². The molecule has 0 atom stereocenters. The molecule has 206 valence electrons. The Labute approximate surface area is 230 Å². The molecule has 12 heteroatoms. The van der Waals surface area contributed by atoms with Gasteiger partial charge in [-0.25, -0.2) is 9.78 Å². The van der Waals surface area contributed by atoms with Gasteiger partial charge in [0.05, 0.1) is 17.7 Å². The van der Waals surface area contributed by atoms with E-state index in [1.165, 1.54) is 24.3 Å². The summed E-state index contributed by atoms with van der Waals surface area (Å²) in [7, 11) is 0. The van der Waals surface area contributed by atoms with Crippen molar-refractivity contribution >= 4 is 43.6 Å². The molecule has 39 heavy (non-hydrogen) atoms. The highest BCUT2D eigenvalue weighted by Crippen LogP contribution is 2.31. The zero-order valence-corrected chi connectivity index (χ0v) is 22.2. The fraction of sp³-hybridized carbons (Fsp3) is 0.296. The number of hydrogen-bond acceptors (Lipinski definition) is 7. The number of ether oxygens (including phenoxy) is 3. The van der Waals surface area contributed by atoms with E-state index >= 15 is 0 Å². The molecule has 4 aromatic rings. The minimum absolute atomic E-state index is 0.138. The SMILES string of the molecule is O=C(O)c1ccc2c(c1)nc(OCCOCCCCNCc1cc(Br)cc(OC(F)(F)F)c1)c1ccncc12. The molecule has 2 aromatic heterocycles. The van der Waals surface area contributed by atoms with E-state index in [1.54, 1.807) is 30.6 Å². The van der Waals surface area contributed by atoms with Gasteiger partial charge in [-0.15, -0.1) is 13.2 Å². The molecule has 2 N–H and O–H groups in total. The third-order valence-corrected chi connectivity index (χ3v) is 6.12. The van der Waals surface area contributed by atoms with Gasteiger partial charge in [-0.2, -0.15) is 0 Å². The Kier molecular flexibility index (Phi) is 9.54. The van der Waals surface area contributed by atoms with Crippen LogP contribution in [0.25, 0.3) is 21.7 Å². The minimum atomic E-state index is -4.74. The zero-order chi connectivity index (χ0) is 27.8. The summed E-state index contributed by atoms with van der Waals surface area (Å²) >= 11 is 3.20. The summed E-state index contributed by atoms with van der Waals surface area (Å²) in [6, 6.07) is 10.9. The zero-order valence-electron chi connectivity index (χ0n) is 20.6. The molecule has 2 heterocycles. The Balaban J connectivity index is 1.18. The van der Waals surface area contributed by atoms with Crippen LogP contribution < -0.4 is 14.8 Å². The molecule has 0 aliphatic heterocycles. The van der Waals surface area contributed by atoms with Gasteiger partial charge >= 0.3 is 12.3 Å². The third kappa shape index (κ3) is 8.25. The molecule has 0 saturated heterocycles. The van der Waals surface area contributed by atoms with E-state index in [1.807, 2.05) is 0 Å². The summed E-state index contributed by atoms with van der Waals surface area (Å²) in [5, 5.41) is 14.9. The number of halogens is 4. The number of aromatic nitrogens is 2. The summed E-state index contributed by atoms with van der Waals surface area (Å²) in [4.78, 5) is 20.0. The molecule has 0 saturated carbocycles. The molecule has 0 aliphatic carbocycles. The highest BCUT2D eigenvalue weighted by atomic mass is 79.9. The van der Waals surface area contributed by atoms with Crippen molar-refractivity contribution in [3.63, 3.8) is 0 Å². The first-order chi connectivity index (χ1) is 18.7. The van der Waals surface area contributed by atoms with Gasteiger partial charge in [-0.05, 0) is 61.3 Å². The van der Waals surface area contributed by atoms with E-state index in [-0.39, 0.29) is 17.9 Å². The molecular weight excluding hydrogens is 583 g/mol. The number of carbonyl (C=O) groups is 1. The predicted molar refractivity (Wildman–Crippen MR) is 142 cm³/mol. The maximum atomic E-state index is 12.5. The van der Waals surface area contributed by atoms with Crippen molar-refractivity contribution in [2.45, 2.75) is 25.7 Å². The van der Waals surface area contributed by atoms with Crippen LogP contribution in [0.15, 0.2) is 59.3 Å². The lowest BCUT2D eigenvalue weighted by atomic mass is 10.1. The Morgan fingerprint density at radius 1 is 1.00 bits per heavy atom. The van der Waals surface area contributed by atoms with Gasteiger partial charge in [-0.3, -0.25) is 4.98 Å². The Morgan fingerprint density at radius 3 is 2.64 bits per heavy atom. The van der Waals surface area contributed by atoms with Gasteiger partial charge in [0.2, 0.25) is 5.88 Å². The van der Waals surface area contributed by atoms with Crippen LogP contribution in [0.1, 0.15) is 28.8 Å². The summed E-state index contributed by atoms with van der Waals surface area (Å²) in [6.07, 6.45) is 0.207. The average molecular weight is 608 g/mol. The van der Waals surface area contributed by atoms with E-state index in [0.29, 0.717) is 47.7 Å². The molecule has 0 radical (unpaired) electrons. The summed E-state index contributed by atoms with van der Waals surface area (Å²) < 4.78 is 53.4. The molecule has 0 fully saturated rings. The lowest BCUT2D eigenvalue weighted by Gasteiger charge is -2.12. The van der Waals surface area contributed by atoms with Crippen molar-refractivity contribution in [1.82, 2.24) is 15.3 Å². The minimum Gasteiger partial charge on any atom is -0.478 e. The van der Waals surface area contributed by atoms with Crippen LogP contribution in [-0.4, -0.2) is 53.8 Å². The quantitative estimate of drug-likeness (QED) is 0.139. The Hall–Kier alpha value is -3.48. The van der Waals surface area contributed by atoms with Crippen molar-refractivity contribution in [2.75, 3.05) is 26.4 Å². The lowest BCUT2D eigenvalue weighted by Crippen LogP contribution is -2.18. The molecule has 0 spiro atoms.